The summed E-state index contributed by atoms with van der Waals surface area (Å²) in [6.07, 6.45) is 1.68. The van der Waals surface area contributed by atoms with Gasteiger partial charge in [-0.1, -0.05) is 48.0 Å². The molecule has 1 aromatic heterocycles. The van der Waals surface area contributed by atoms with Crippen molar-refractivity contribution in [3.05, 3.63) is 75.8 Å². The standard InChI is InChI=1S/C20H18ClN3O2/c21-17-6-2-1-5-15(17)20(24-10-12-26-13-11-24)16-8-7-14-4-3-9-22-18(14)19(16)23-25/h1-9,20H,10-13H2. The van der Waals surface area contributed by atoms with Gasteiger partial charge in [-0.3, -0.25) is 9.88 Å². The van der Waals surface area contributed by atoms with E-state index >= 15 is 0 Å². The molecule has 0 saturated carbocycles. The molecule has 5 nitrogen and oxygen atoms in total. The summed E-state index contributed by atoms with van der Waals surface area (Å²) >= 11 is 6.52. The first-order valence-electron chi connectivity index (χ1n) is 8.57. The molecule has 0 aliphatic carbocycles. The van der Waals surface area contributed by atoms with Crippen LogP contribution in [0.1, 0.15) is 17.2 Å². The van der Waals surface area contributed by atoms with Gasteiger partial charge >= 0.3 is 0 Å². The Labute approximate surface area is 156 Å². The van der Waals surface area contributed by atoms with Gasteiger partial charge < -0.3 is 4.74 Å². The van der Waals surface area contributed by atoms with E-state index < -0.39 is 0 Å². The third-order valence-electron chi connectivity index (χ3n) is 4.78. The lowest BCUT2D eigenvalue weighted by atomic mass is 9.94. The molecule has 132 valence electrons. The number of fused-ring (bicyclic) bond motifs is 1. The molecule has 1 saturated heterocycles. The second kappa shape index (κ2) is 7.50. The molecule has 2 heterocycles. The number of rotatable bonds is 4. The fourth-order valence-electron chi connectivity index (χ4n) is 3.56. The summed E-state index contributed by atoms with van der Waals surface area (Å²) in [5.74, 6) is 0. The van der Waals surface area contributed by atoms with Gasteiger partial charge in [0.1, 0.15) is 5.69 Å². The molecule has 0 radical (unpaired) electrons. The highest BCUT2D eigenvalue weighted by atomic mass is 35.5. The molecule has 3 aromatic rings. The number of halogens is 1. The molecule has 1 fully saturated rings. The second-order valence-corrected chi connectivity index (χ2v) is 6.65. The predicted octanol–water partition coefficient (Wildman–Crippen LogP) is 4.71. The molecular formula is C20H18ClN3O2. The van der Waals surface area contributed by atoms with E-state index in [1.54, 1.807) is 6.20 Å². The van der Waals surface area contributed by atoms with E-state index in [0.717, 1.165) is 29.6 Å². The molecule has 26 heavy (non-hydrogen) atoms. The van der Waals surface area contributed by atoms with Crippen LogP contribution in [0.3, 0.4) is 0 Å². The van der Waals surface area contributed by atoms with Crippen LogP contribution in [0.4, 0.5) is 5.69 Å². The number of nitroso groups, excluding NO2 is 1. The molecular weight excluding hydrogens is 350 g/mol. The molecule has 1 unspecified atom stereocenters. The maximum absolute atomic E-state index is 11.8. The summed E-state index contributed by atoms with van der Waals surface area (Å²) in [7, 11) is 0. The largest absolute Gasteiger partial charge is 0.379 e. The van der Waals surface area contributed by atoms with Crippen molar-refractivity contribution in [1.82, 2.24) is 9.88 Å². The second-order valence-electron chi connectivity index (χ2n) is 6.24. The Bertz CT molecular complexity index is 941. The highest BCUT2D eigenvalue weighted by Gasteiger charge is 2.29. The normalized spacial score (nSPS) is 16.5. The van der Waals surface area contributed by atoms with Crippen LogP contribution in [-0.4, -0.2) is 36.2 Å². The van der Waals surface area contributed by atoms with Crippen LogP contribution in [-0.2, 0) is 4.74 Å². The van der Waals surface area contributed by atoms with E-state index in [1.807, 2.05) is 48.5 Å². The number of hydrogen-bond acceptors (Lipinski definition) is 5. The van der Waals surface area contributed by atoms with Gasteiger partial charge in [0.05, 0.1) is 24.8 Å². The highest BCUT2D eigenvalue weighted by Crippen LogP contribution is 2.40. The Morgan fingerprint density at radius 1 is 1.04 bits per heavy atom. The SMILES string of the molecule is O=Nc1c(C(c2ccccc2Cl)N2CCOCC2)ccc2cccnc12. The summed E-state index contributed by atoms with van der Waals surface area (Å²) in [5, 5.41) is 4.92. The van der Waals surface area contributed by atoms with Gasteiger partial charge in [0.15, 0.2) is 0 Å². The average Bonchev–Trinajstić information content (AvgIpc) is 2.70. The average molecular weight is 368 g/mol. The summed E-state index contributed by atoms with van der Waals surface area (Å²) in [6.45, 7) is 2.82. The molecule has 1 aliphatic heterocycles. The van der Waals surface area contributed by atoms with Crippen molar-refractivity contribution in [2.24, 2.45) is 5.18 Å². The first kappa shape index (κ1) is 17.1. The molecule has 2 aromatic carbocycles. The zero-order valence-electron chi connectivity index (χ0n) is 14.1. The maximum atomic E-state index is 11.8. The van der Waals surface area contributed by atoms with E-state index in [-0.39, 0.29) is 6.04 Å². The Kier molecular flexibility index (Phi) is 4.93. The zero-order chi connectivity index (χ0) is 17.9. The van der Waals surface area contributed by atoms with E-state index in [0.29, 0.717) is 29.4 Å². The number of nitrogens with zero attached hydrogens (tertiary/aromatic N) is 3. The van der Waals surface area contributed by atoms with Crippen molar-refractivity contribution >= 4 is 28.2 Å². The van der Waals surface area contributed by atoms with Gasteiger partial charge in [0.2, 0.25) is 0 Å². The minimum atomic E-state index is -0.174. The number of hydrogen-bond donors (Lipinski definition) is 0. The lowest BCUT2D eigenvalue weighted by Gasteiger charge is -2.35. The van der Waals surface area contributed by atoms with Crippen molar-refractivity contribution in [3.8, 4) is 0 Å². The summed E-state index contributed by atoms with van der Waals surface area (Å²) in [5.41, 5.74) is 2.77. The molecule has 4 rings (SSSR count). The van der Waals surface area contributed by atoms with Gasteiger partial charge in [-0.25, -0.2) is 0 Å². The van der Waals surface area contributed by atoms with Gasteiger partial charge in [0.25, 0.3) is 0 Å². The van der Waals surface area contributed by atoms with Gasteiger partial charge in [-0.15, -0.1) is 4.91 Å². The Morgan fingerprint density at radius 2 is 1.85 bits per heavy atom. The third-order valence-corrected chi connectivity index (χ3v) is 5.12. The van der Waals surface area contributed by atoms with E-state index in [1.165, 1.54) is 0 Å². The lowest BCUT2D eigenvalue weighted by Crippen LogP contribution is -2.39. The Hall–Kier alpha value is -2.34. The maximum Gasteiger partial charge on any atom is 0.139 e. The van der Waals surface area contributed by atoms with E-state index in [2.05, 4.69) is 15.1 Å². The van der Waals surface area contributed by atoms with E-state index in [4.69, 9.17) is 16.3 Å². The number of benzene rings is 2. The predicted molar refractivity (Wildman–Crippen MR) is 103 cm³/mol. The third kappa shape index (κ3) is 3.09. The van der Waals surface area contributed by atoms with E-state index in [9.17, 15) is 4.91 Å². The molecule has 0 spiro atoms. The van der Waals surface area contributed by atoms with Crippen molar-refractivity contribution in [1.29, 1.82) is 0 Å². The van der Waals surface area contributed by atoms with Crippen LogP contribution >= 0.6 is 11.6 Å². The molecule has 0 N–H and O–H groups in total. The van der Waals surface area contributed by atoms with Crippen molar-refractivity contribution < 1.29 is 4.74 Å². The van der Waals surface area contributed by atoms with Crippen LogP contribution < -0.4 is 0 Å². The topological polar surface area (TPSA) is 54.8 Å². The van der Waals surface area contributed by atoms with Crippen molar-refractivity contribution in [2.75, 3.05) is 26.3 Å². The molecule has 1 atom stereocenters. The summed E-state index contributed by atoms with van der Waals surface area (Å²) < 4.78 is 5.51. The summed E-state index contributed by atoms with van der Waals surface area (Å²) in [6, 6.07) is 15.3. The van der Waals surface area contributed by atoms with Crippen LogP contribution in [0.2, 0.25) is 5.02 Å². The first-order valence-corrected chi connectivity index (χ1v) is 8.94. The van der Waals surface area contributed by atoms with Crippen LogP contribution in [0.5, 0.6) is 0 Å². The Morgan fingerprint density at radius 3 is 2.62 bits per heavy atom. The smallest absolute Gasteiger partial charge is 0.139 e. The number of morpholine rings is 1. The summed E-state index contributed by atoms with van der Waals surface area (Å²) in [4.78, 5) is 18.4. The molecule has 0 amide bonds. The molecule has 0 bridgehead atoms. The minimum Gasteiger partial charge on any atom is -0.379 e. The Balaban J connectivity index is 1.93. The monoisotopic (exact) mass is 367 g/mol. The number of pyridine rings is 1. The zero-order valence-corrected chi connectivity index (χ0v) is 14.9. The van der Waals surface area contributed by atoms with Crippen molar-refractivity contribution in [2.45, 2.75) is 6.04 Å². The quantitative estimate of drug-likeness (QED) is 0.627. The first-order chi connectivity index (χ1) is 12.8. The molecule has 6 heteroatoms. The number of aromatic nitrogens is 1. The number of ether oxygens (including phenoxy) is 1. The fourth-order valence-corrected chi connectivity index (χ4v) is 3.79. The van der Waals surface area contributed by atoms with Crippen LogP contribution in [0.25, 0.3) is 10.9 Å². The van der Waals surface area contributed by atoms with Crippen molar-refractivity contribution in [3.63, 3.8) is 0 Å². The highest BCUT2D eigenvalue weighted by molar-refractivity contribution is 6.31. The van der Waals surface area contributed by atoms with Gasteiger partial charge in [-0.05, 0) is 22.9 Å². The van der Waals surface area contributed by atoms with Crippen LogP contribution in [0.15, 0.2) is 59.9 Å². The molecule has 1 aliphatic rings. The van der Waals surface area contributed by atoms with Gasteiger partial charge in [0, 0.05) is 35.3 Å². The lowest BCUT2D eigenvalue weighted by molar-refractivity contribution is 0.0241. The fraction of sp³-hybridized carbons (Fsp3) is 0.250. The van der Waals surface area contributed by atoms with Crippen LogP contribution in [0, 0.1) is 4.91 Å². The van der Waals surface area contributed by atoms with Gasteiger partial charge in [-0.2, -0.15) is 0 Å². The minimum absolute atomic E-state index is 0.174.